The van der Waals surface area contributed by atoms with Gasteiger partial charge < -0.3 is 24.8 Å². The van der Waals surface area contributed by atoms with E-state index in [9.17, 15) is 19.5 Å². The van der Waals surface area contributed by atoms with Gasteiger partial charge in [0.2, 0.25) is 0 Å². The standard InChI is InChI=1S/C17H22N2O6/c1-10-6-11(15(20)21)9-19(8-10)17(23)18-14-5-4-12(24-2)7-13(14)16(22)25-3/h4-5,7,10-11H,6,8-9H2,1-3H3,(H,18,23)(H,20,21). The predicted octanol–water partition coefficient (Wildman–Crippen LogP) is 2.06. The Labute approximate surface area is 145 Å². The summed E-state index contributed by atoms with van der Waals surface area (Å²) in [5.41, 5.74) is 0.442. The van der Waals surface area contributed by atoms with E-state index in [0.29, 0.717) is 18.7 Å². The molecule has 8 nitrogen and oxygen atoms in total. The van der Waals surface area contributed by atoms with Crippen LogP contribution in [0.4, 0.5) is 10.5 Å². The summed E-state index contributed by atoms with van der Waals surface area (Å²) in [4.78, 5) is 37.2. The average Bonchev–Trinajstić information content (AvgIpc) is 2.60. The van der Waals surface area contributed by atoms with Gasteiger partial charge in [-0.05, 0) is 30.5 Å². The molecule has 2 amide bonds. The van der Waals surface area contributed by atoms with Crippen LogP contribution >= 0.6 is 0 Å². The molecule has 8 heteroatoms. The van der Waals surface area contributed by atoms with Crippen molar-refractivity contribution in [2.45, 2.75) is 13.3 Å². The number of hydrogen-bond donors (Lipinski definition) is 2. The maximum atomic E-state index is 12.5. The molecule has 2 unspecified atom stereocenters. The molecule has 1 heterocycles. The summed E-state index contributed by atoms with van der Waals surface area (Å²) < 4.78 is 9.82. The molecule has 1 aliphatic heterocycles. The summed E-state index contributed by atoms with van der Waals surface area (Å²) in [6.07, 6.45) is 0.537. The first-order valence-electron chi connectivity index (χ1n) is 7.90. The van der Waals surface area contributed by atoms with Gasteiger partial charge in [0, 0.05) is 13.1 Å². The summed E-state index contributed by atoms with van der Waals surface area (Å²) in [7, 11) is 2.72. The second-order valence-corrected chi connectivity index (χ2v) is 6.11. The molecule has 0 spiro atoms. The molecule has 0 aliphatic carbocycles. The number of rotatable bonds is 4. The second-order valence-electron chi connectivity index (χ2n) is 6.11. The molecule has 2 atom stereocenters. The average molecular weight is 350 g/mol. The fourth-order valence-corrected chi connectivity index (χ4v) is 2.93. The van der Waals surface area contributed by atoms with Crippen molar-refractivity contribution in [3.05, 3.63) is 23.8 Å². The quantitative estimate of drug-likeness (QED) is 0.805. The maximum absolute atomic E-state index is 12.5. The number of aliphatic carboxylic acids is 1. The number of benzene rings is 1. The zero-order chi connectivity index (χ0) is 18.6. The van der Waals surface area contributed by atoms with Crippen molar-refractivity contribution in [2.75, 3.05) is 32.6 Å². The van der Waals surface area contributed by atoms with Crippen molar-refractivity contribution in [3.8, 4) is 5.75 Å². The number of methoxy groups -OCH3 is 2. The first kappa shape index (κ1) is 18.6. The van der Waals surface area contributed by atoms with Gasteiger partial charge in [-0.25, -0.2) is 9.59 Å². The number of carbonyl (C=O) groups is 3. The summed E-state index contributed by atoms with van der Waals surface area (Å²) in [6, 6.07) is 4.18. The molecular formula is C17H22N2O6. The van der Waals surface area contributed by atoms with E-state index in [0.717, 1.165) is 0 Å². The Morgan fingerprint density at radius 2 is 1.96 bits per heavy atom. The third kappa shape index (κ3) is 4.40. The number of amides is 2. The van der Waals surface area contributed by atoms with E-state index in [1.807, 2.05) is 6.92 Å². The number of carbonyl (C=O) groups excluding carboxylic acids is 2. The lowest BCUT2D eigenvalue weighted by Crippen LogP contribution is -2.47. The van der Waals surface area contributed by atoms with Crippen LogP contribution in [0.2, 0.25) is 0 Å². The summed E-state index contributed by atoms with van der Waals surface area (Å²) in [5, 5.41) is 11.9. The lowest BCUT2D eigenvalue weighted by atomic mass is 9.91. The number of carboxylic acid groups (broad SMARTS) is 1. The molecule has 0 aromatic heterocycles. The number of anilines is 1. The minimum Gasteiger partial charge on any atom is -0.497 e. The Hall–Kier alpha value is -2.77. The molecule has 1 aromatic carbocycles. The Kier molecular flexibility index (Phi) is 5.84. The highest BCUT2D eigenvalue weighted by Crippen LogP contribution is 2.25. The fourth-order valence-electron chi connectivity index (χ4n) is 2.93. The van der Waals surface area contributed by atoms with E-state index in [1.165, 1.54) is 25.2 Å². The third-order valence-electron chi connectivity index (χ3n) is 4.17. The number of carboxylic acids is 1. The molecule has 1 aromatic rings. The van der Waals surface area contributed by atoms with Gasteiger partial charge in [0.15, 0.2) is 0 Å². The number of nitrogens with zero attached hydrogens (tertiary/aromatic N) is 1. The lowest BCUT2D eigenvalue weighted by Gasteiger charge is -2.34. The smallest absolute Gasteiger partial charge is 0.340 e. The molecule has 2 N–H and O–H groups in total. The van der Waals surface area contributed by atoms with Crippen LogP contribution < -0.4 is 10.1 Å². The van der Waals surface area contributed by atoms with Crippen LogP contribution in [0.25, 0.3) is 0 Å². The normalized spacial score (nSPS) is 19.9. The van der Waals surface area contributed by atoms with Gasteiger partial charge in [-0.2, -0.15) is 0 Å². The Morgan fingerprint density at radius 3 is 2.56 bits per heavy atom. The van der Waals surface area contributed by atoms with Gasteiger partial charge in [-0.1, -0.05) is 6.92 Å². The van der Waals surface area contributed by atoms with Crippen molar-refractivity contribution >= 4 is 23.7 Å². The molecule has 0 saturated carbocycles. The molecule has 1 saturated heterocycles. The Bertz CT molecular complexity index is 675. The molecule has 2 rings (SSSR count). The number of ether oxygens (including phenoxy) is 2. The molecule has 1 fully saturated rings. The van der Waals surface area contributed by atoms with Gasteiger partial charge in [-0.15, -0.1) is 0 Å². The van der Waals surface area contributed by atoms with E-state index in [2.05, 4.69) is 5.32 Å². The Balaban J connectivity index is 2.19. The number of urea groups is 1. The lowest BCUT2D eigenvalue weighted by molar-refractivity contribution is -0.143. The minimum atomic E-state index is -0.913. The molecule has 0 bridgehead atoms. The highest BCUT2D eigenvalue weighted by atomic mass is 16.5. The first-order valence-corrected chi connectivity index (χ1v) is 7.90. The number of nitrogens with one attached hydrogen (secondary N) is 1. The summed E-state index contributed by atoms with van der Waals surface area (Å²) >= 11 is 0. The van der Waals surface area contributed by atoms with Crippen LogP contribution in [-0.4, -0.2) is 55.3 Å². The molecule has 136 valence electrons. The Morgan fingerprint density at radius 1 is 1.24 bits per heavy atom. The topological polar surface area (TPSA) is 105 Å². The second kappa shape index (κ2) is 7.87. The summed E-state index contributed by atoms with van der Waals surface area (Å²) in [6.45, 7) is 2.50. The van der Waals surface area contributed by atoms with Crippen molar-refractivity contribution in [3.63, 3.8) is 0 Å². The van der Waals surface area contributed by atoms with Gasteiger partial charge in [0.05, 0.1) is 31.4 Å². The van der Waals surface area contributed by atoms with Crippen molar-refractivity contribution in [1.82, 2.24) is 4.90 Å². The van der Waals surface area contributed by atoms with E-state index in [-0.39, 0.29) is 23.7 Å². The summed E-state index contributed by atoms with van der Waals surface area (Å²) in [5.74, 6) is -1.58. The zero-order valence-electron chi connectivity index (χ0n) is 14.4. The van der Waals surface area contributed by atoms with Crippen LogP contribution in [0.5, 0.6) is 5.75 Å². The molecule has 1 aliphatic rings. The van der Waals surface area contributed by atoms with Crippen LogP contribution in [0, 0.1) is 11.8 Å². The monoisotopic (exact) mass is 350 g/mol. The van der Waals surface area contributed by atoms with E-state index in [4.69, 9.17) is 9.47 Å². The van der Waals surface area contributed by atoms with Crippen LogP contribution in [0.15, 0.2) is 18.2 Å². The van der Waals surface area contributed by atoms with Crippen LogP contribution in [0.3, 0.4) is 0 Å². The third-order valence-corrected chi connectivity index (χ3v) is 4.17. The van der Waals surface area contributed by atoms with Gasteiger partial charge in [0.1, 0.15) is 5.75 Å². The fraction of sp³-hybridized carbons (Fsp3) is 0.471. The maximum Gasteiger partial charge on any atom is 0.340 e. The predicted molar refractivity (Wildman–Crippen MR) is 89.8 cm³/mol. The zero-order valence-corrected chi connectivity index (χ0v) is 14.4. The first-order chi connectivity index (χ1) is 11.8. The largest absolute Gasteiger partial charge is 0.497 e. The van der Waals surface area contributed by atoms with Crippen molar-refractivity contribution < 1.29 is 29.0 Å². The van der Waals surface area contributed by atoms with Crippen molar-refractivity contribution in [2.24, 2.45) is 11.8 Å². The molecular weight excluding hydrogens is 328 g/mol. The van der Waals surface area contributed by atoms with Gasteiger partial charge in [-0.3, -0.25) is 4.79 Å². The van der Waals surface area contributed by atoms with Gasteiger partial charge in [0.25, 0.3) is 0 Å². The minimum absolute atomic E-state index is 0.0801. The van der Waals surface area contributed by atoms with Crippen LogP contribution in [0.1, 0.15) is 23.7 Å². The van der Waals surface area contributed by atoms with Crippen LogP contribution in [-0.2, 0) is 9.53 Å². The number of hydrogen-bond acceptors (Lipinski definition) is 5. The SMILES string of the molecule is COC(=O)c1cc(OC)ccc1NC(=O)N1CC(C)CC(C(=O)O)C1. The highest BCUT2D eigenvalue weighted by molar-refractivity contribution is 6.01. The van der Waals surface area contributed by atoms with Crippen molar-refractivity contribution in [1.29, 1.82) is 0 Å². The number of piperidine rings is 1. The molecule has 0 radical (unpaired) electrons. The van der Waals surface area contributed by atoms with Gasteiger partial charge >= 0.3 is 18.0 Å². The number of esters is 1. The number of likely N-dealkylation sites (tertiary alicyclic amines) is 1. The highest BCUT2D eigenvalue weighted by Gasteiger charge is 2.32. The molecule has 25 heavy (non-hydrogen) atoms. The van der Waals surface area contributed by atoms with E-state index in [1.54, 1.807) is 12.1 Å². The van der Waals surface area contributed by atoms with E-state index < -0.39 is 23.9 Å². The van der Waals surface area contributed by atoms with E-state index >= 15 is 0 Å².